The zero-order valence-electron chi connectivity index (χ0n) is 19.3. The van der Waals surface area contributed by atoms with Gasteiger partial charge >= 0.3 is 0 Å². The van der Waals surface area contributed by atoms with Crippen LogP contribution in [0.15, 0.2) is 24.3 Å². The predicted octanol–water partition coefficient (Wildman–Crippen LogP) is 3.22. The van der Waals surface area contributed by atoms with Crippen LogP contribution in [-0.4, -0.2) is 72.1 Å². The van der Waals surface area contributed by atoms with Crippen molar-refractivity contribution in [3.63, 3.8) is 0 Å². The van der Waals surface area contributed by atoms with Gasteiger partial charge < -0.3 is 25.4 Å². The first-order valence-corrected chi connectivity index (χ1v) is 11.8. The zero-order valence-corrected chi connectivity index (χ0v) is 19.3. The molecule has 3 heterocycles. The molecule has 4 rings (SSSR count). The summed E-state index contributed by atoms with van der Waals surface area (Å²) in [6.07, 6.45) is 4.29. The Bertz CT molecular complexity index is 897. The Balaban J connectivity index is 1.60. The van der Waals surface area contributed by atoms with Crippen molar-refractivity contribution in [2.24, 2.45) is 5.92 Å². The highest BCUT2D eigenvalue weighted by Gasteiger charge is 2.28. The third-order valence-electron chi connectivity index (χ3n) is 6.42. The molecule has 2 fully saturated rings. The molecule has 3 N–H and O–H groups in total. The van der Waals surface area contributed by atoms with Crippen molar-refractivity contribution >= 4 is 23.5 Å². The molecule has 0 bridgehead atoms. The first-order chi connectivity index (χ1) is 16.2. The first-order valence-electron chi connectivity index (χ1n) is 11.8. The normalized spacial score (nSPS) is 19.5. The van der Waals surface area contributed by atoms with Crippen molar-refractivity contribution in [2.75, 3.05) is 62.2 Å². The molecule has 2 aliphatic rings. The topological polar surface area (TPSA) is 102 Å². The maximum Gasteiger partial charge on any atom is 0.236 e. The minimum Gasteiger partial charge on any atom is -0.463 e. The molecule has 2 aromatic rings. The van der Waals surface area contributed by atoms with Gasteiger partial charge in [0.15, 0.2) is 0 Å². The molecule has 1 unspecified atom stereocenters. The van der Waals surface area contributed by atoms with Crippen LogP contribution in [0, 0.1) is 5.92 Å². The molecule has 9 nitrogen and oxygen atoms in total. The predicted molar refractivity (Wildman–Crippen MR) is 127 cm³/mol. The lowest BCUT2D eigenvalue weighted by Crippen LogP contribution is -2.39. The summed E-state index contributed by atoms with van der Waals surface area (Å²) in [5.74, 6) is 2.07. The highest BCUT2D eigenvalue weighted by molar-refractivity contribution is 5.61. The number of alkyl halides is 1. The fourth-order valence-corrected chi connectivity index (χ4v) is 4.60. The lowest BCUT2D eigenvalue weighted by Gasteiger charge is -2.30. The van der Waals surface area contributed by atoms with Gasteiger partial charge in [-0.25, -0.2) is 4.39 Å². The van der Waals surface area contributed by atoms with Gasteiger partial charge in [0.2, 0.25) is 24.7 Å². The minimum atomic E-state index is -0.880. The highest BCUT2D eigenvalue weighted by Crippen LogP contribution is 2.30. The van der Waals surface area contributed by atoms with Gasteiger partial charge in [-0.05, 0) is 56.8 Å². The zero-order chi connectivity index (χ0) is 23.0. The Kier molecular flexibility index (Phi) is 8.11. The second-order valence-electron chi connectivity index (χ2n) is 8.54. The number of likely N-dealkylation sites (N-methyl/N-ethyl adjacent to an activating group) is 1. The second-order valence-corrected chi connectivity index (χ2v) is 8.54. The first kappa shape index (κ1) is 23.4. The lowest BCUT2D eigenvalue weighted by atomic mass is 10.0. The van der Waals surface area contributed by atoms with Gasteiger partial charge in [-0.1, -0.05) is 13.0 Å². The molecule has 1 aromatic heterocycles. The number of nitrogens with zero attached hydrogens (tertiary/aromatic N) is 5. The number of nitrogen functional groups attached to an aromatic ring is 1. The van der Waals surface area contributed by atoms with E-state index in [2.05, 4.69) is 27.1 Å². The van der Waals surface area contributed by atoms with E-state index in [1.807, 2.05) is 17.0 Å². The number of aromatic nitrogens is 3. The molecular weight excluding hydrogens is 425 g/mol. The van der Waals surface area contributed by atoms with Crippen LogP contribution in [0.4, 0.5) is 27.9 Å². The number of hydrogen-bond donors (Lipinski definition) is 2. The van der Waals surface area contributed by atoms with Crippen LogP contribution in [0.3, 0.4) is 0 Å². The summed E-state index contributed by atoms with van der Waals surface area (Å²) in [7, 11) is 0. The molecule has 10 heteroatoms. The average molecular weight is 460 g/mol. The summed E-state index contributed by atoms with van der Waals surface area (Å²) in [6.45, 7) is 6.40. The van der Waals surface area contributed by atoms with Gasteiger partial charge in [0.1, 0.15) is 5.75 Å². The SMILES string of the molecule is CCN1CCCC1CN(c1cccc(OCF)c1)c1nc(N)nc(NCC2CCOCC2)n1. The van der Waals surface area contributed by atoms with Crippen LogP contribution in [0.2, 0.25) is 0 Å². The molecule has 2 aliphatic heterocycles. The molecule has 180 valence electrons. The Morgan fingerprint density at radius 3 is 2.88 bits per heavy atom. The molecule has 0 radical (unpaired) electrons. The smallest absolute Gasteiger partial charge is 0.236 e. The number of nitrogens with one attached hydrogen (secondary N) is 1. The van der Waals surface area contributed by atoms with Crippen LogP contribution in [-0.2, 0) is 4.74 Å². The number of likely N-dealkylation sites (tertiary alicyclic amines) is 1. The van der Waals surface area contributed by atoms with Crippen molar-refractivity contribution in [1.82, 2.24) is 19.9 Å². The van der Waals surface area contributed by atoms with E-state index in [0.717, 1.165) is 64.2 Å². The van der Waals surface area contributed by atoms with Gasteiger partial charge in [0.25, 0.3) is 0 Å². The van der Waals surface area contributed by atoms with Crippen LogP contribution < -0.4 is 20.7 Å². The summed E-state index contributed by atoms with van der Waals surface area (Å²) < 4.78 is 23.3. The summed E-state index contributed by atoms with van der Waals surface area (Å²) in [5, 5.41) is 3.34. The van der Waals surface area contributed by atoms with Crippen molar-refractivity contribution in [2.45, 2.75) is 38.6 Å². The Hall–Kier alpha value is -2.72. The Labute approximate surface area is 194 Å². The molecule has 1 aromatic carbocycles. The van der Waals surface area contributed by atoms with Gasteiger partial charge in [0, 0.05) is 44.1 Å². The van der Waals surface area contributed by atoms with Crippen LogP contribution >= 0.6 is 0 Å². The fourth-order valence-electron chi connectivity index (χ4n) is 4.60. The monoisotopic (exact) mass is 459 g/mol. The van der Waals surface area contributed by atoms with E-state index in [9.17, 15) is 4.39 Å². The number of benzene rings is 1. The van der Waals surface area contributed by atoms with E-state index in [4.69, 9.17) is 20.2 Å². The summed E-state index contributed by atoms with van der Waals surface area (Å²) in [6, 6.07) is 7.69. The van der Waals surface area contributed by atoms with Gasteiger partial charge in [-0.15, -0.1) is 0 Å². The number of rotatable bonds is 10. The van der Waals surface area contributed by atoms with Crippen molar-refractivity contribution in [1.29, 1.82) is 0 Å². The van der Waals surface area contributed by atoms with Crippen LogP contribution in [0.25, 0.3) is 0 Å². The fraction of sp³-hybridized carbons (Fsp3) is 0.609. The molecule has 0 spiro atoms. The van der Waals surface area contributed by atoms with Crippen LogP contribution in [0.1, 0.15) is 32.6 Å². The summed E-state index contributed by atoms with van der Waals surface area (Å²) in [5.41, 5.74) is 6.91. The van der Waals surface area contributed by atoms with E-state index >= 15 is 0 Å². The number of hydrogen-bond acceptors (Lipinski definition) is 9. The Morgan fingerprint density at radius 1 is 1.24 bits per heavy atom. The van der Waals surface area contributed by atoms with Gasteiger partial charge in [-0.2, -0.15) is 15.0 Å². The molecule has 33 heavy (non-hydrogen) atoms. The molecular formula is C23H34FN7O2. The maximum absolute atomic E-state index is 12.8. The second kappa shape index (κ2) is 11.4. The maximum atomic E-state index is 12.8. The lowest BCUT2D eigenvalue weighted by molar-refractivity contribution is 0.0699. The standard InChI is InChI=1S/C23H34FN7O2/c1-2-30-10-4-6-19(30)15-31(18-5-3-7-20(13-18)33-16-24)23-28-21(25)27-22(29-23)26-14-17-8-11-32-12-9-17/h3,5,7,13,17,19H,2,4,6,8-12,14-16H2,1H3,(H3,25,26,27,28,29). The van der Waals surface area contributed by atoms with E-state index in [0.29, 0.717) is 36.2 Å². The van der Waals surface area contributed by atoms with E-state index in [1.165, 1.54) is 0 Å². The quantitative estimate of drug-likeness (QED) is 0.554. The summed E-state index contributed by atoms with van der Waals surface area (Å²) in [4.78, 5) is 18.0. The summed E-state index contributed by atoms with van der Waals surface area (Å²) >= 11 is 0. The third kappa shape index (κ3) is 6.20. The van der Waals surface area contributed by atoms with E-state index in [1.54, 1.807) is 12.1 Å². The molecule has 0 amide bonds. The van der Waals surface area contributed by atoms with Crippen LogP contribution in [0.5, 0.6) is 5.75 Å². The molecule has 0 aliphatic carbocycles. The molecule has 1 atom stereocenters. The van der Waals surface area contributed by atoms with Gasteiger partial charge in [-0.3, -0.25) is 4.90 Å². The van der Waals surface area contributed by atoms with Crippen molar-refractivity contribution < 1.29 is 13.9 Å². The number of nitrogens with two attached hydrogens (primary N) is 1. The average Bonchev–Trinajstić information content (AvgIpc) is 3.29. The Morgan fingerprint density at radius 2 is 2.09 bits per heavy atom. The third-order valence-corrected chi connectivity index (χ3v) is 6.42. The largest absolute Gasteiger partial charge is 0.463 e. The number of ether oxygens (including phenoxy) is 2. The number of anilines is 4. The highest BCUT2D eigenvalue weighted by atomic mass is 19.1. The van der Waals surface area contributed by atoms with Gasteiger partial charge in [0.05, 0.1) is 0 Å². The van der Waals surface area contributed by atoms with E-state index in [-0.39, 0.29) is 5.95 Å². The number of halogens is 1. The molecule has 0 saturated carbocycles. The van der Waals surface area contributed by atoms with Crippen molar-refractivity contribution in [3.05, 3.63) is 24.3 Å². The van der Waals surface area contributed by atoms with Crippen molar-refractivity contribution in [3.8, 4) is 5.75 Å². The minimum absolute atomic E-state index is 0.161. The molecule has 2 saturated heterocycles. The van der Waals surface area contributed by atoms with E-state index < -0.39 is 6.86 Å².